The predicted octanol–water partition coefficient (Wildman–Crippen LogP) is 1.36. The molecule has 0 aliphatic heterocycles. The number of benzene rings is 1. The van der Waals surface area contributed by atoms with Gasteiger partial charge in [-0.15, -0.1) is 0 Å². The van der Waals surface area contributed by atoms with E-state index in [0.717, 1.165) is 0 Å². The van der Waals surface area contributed by atoms with Crippen molar-refractivity contribution in [3.8, 4) is 0 Å². The predicted molar refractivity (Wildman–Crippen MR) is 72.2 cm³/mol. The van der Waals surface area contributed by atoms with Gasteiger partial charge in [0.05, 0.1) is 20.7 Å². The zero-order valence-corrected chi connectivity index (χ0v) is 11.5. The van der Waals surface area contributed by atoms with E-state index in [1.807, 2.05) is 18.2 Å². The number of hydrogen-bond acceptors (Lipinski definition) is 3. The average Bonchev–Trinajstić information content (AvgIpc) is 2.28. The van der Waals surface area contributed by atoms with Crippen molar-refractivity contribution < 1.29 is 18.9 Å². The summed E-state index contributed by atoms with van der Waals surface area (Å²) in [6, 6.07) is 8.71. The Morgan fingerprint density at radius 1 is 1.21 bits per heavy atom. The van der Waals surface area contributed by atoms with Crippen LogP contribution in [0.15, 0.2) is 30.3 Å². The Balaban J connectivity index is 2.48. The molecule has 6 heteroatoms. The highest BCUT2D eigenvalue weighted by atomic mass is 16.5. The summed E-state index contributed by atoms with van der Waals surface area (Å²) < 4.78 is 4.86. The third-order valence-electron chi connectivity index (χ3n) is 2.27. The fourth-order valence-corrected chi connectivity index (χ4v) is 1.52. The molecule has 0 atom stereocenters. The SMILES string of the molecule is CCOC(=O)C[N+](C)(C)NC(=O)Nc1ccccc1. The maximum absolute atomic E-state index is 11.8. The van der Waals surface area contributed by atoms with Crippen molar-refractivity contribution in [2.45, 2.75) is 6.92 Å². The van der Waals surface area contributed by atoms with Crippen molar-refractivity contribution >= 4 is 17.7 Å². The fourth-order valence-electron chi connectivity index (χ4n) is 1.52. The molecule has 0 saturated heterocycles. The number of amides is 2. The summed E-state index contributed by atoms with van der Waals surface area (Å²) in [5.74, 6) is -0.354. The van der Waals surface area contributed by atoms with Crippen molar-refractivity contribution in [3.63, 3.8) is 0 Å². The van der Waals surface area contributed by atoms with Gasteiger partial charge in [-0.05, 0) is 19.1 Å². The van der Waals surface area contributed by atoms with Crippen LogP contribution in [0, 0.1) is 0 Å². The van der Waals surface area contributed by atoms with E-state index in [9.17, 15) is 9.59 Å². The highest BCUT2D eigenvalue weighted by Crippen LogP contribution is 2.04. The van der Waals surface area contributed by atoms with Gasteiger partial charge in [0, 0.05) is 5.69 Å². The third kappa shape index (κ3) is 5.87. The van der Waals surface area contributed by atoms with Crippen LogP contribution in [0.2, 0.25) is 0 Å². The number of urea groups is 1. The summed E-state index contributed by atoms with van der Waals surface area (Å²) in [7, 11) is 3.42. The van der Waals surface area contributed by atoms with E-state index in [-0.39, 0.29) is 23.1 Å². The monoisotopic (exact) mass is 266 g/mol. The van der Waals surface area contributed by atoms with Gasteiger partial charge in [-0.2, -0.15) is 5.43 Å². The summed E-state index contributed by atoms with van der Waals surface area (Å²) in [6.45, 7) is 2.14. The molecule has 1 aromatic rings. The van der Waals surface area contributed by atoms with Crippen LogP contribution in [-0.2, 0) is 9.53 Å². The van der Waals surface area contributed by atoms with Crippen LogP contribution in [0.1, 0.15) is 6.92 Å². The van der Waals surface area contributed by atoms with Crippen LogP contribution >= 0.6 is 0 Å². The second kappa shape index (κ2) is 6.75. The van der Waals surface area contributed by atoms with Gasteiger partial charge in [-0.25, -0.2) is 14.2 Å². The molecule has 6 nitrogen and oxygen atoms in total. The standard InChI is InChI=1S/C13H19N3O3/c1-4-19-12(17)10-16(2,3)15-13(18)14-11-8-6-5-7-9-11/h5-9H,4,10H2,1-3H3,(H-,14,15,18)/p+1. The Hall–Kier alpha value is -2.08. The molecule has 2 amide bonds. The number of likely N-dealkylation sites (N-methyl/N-ethyl adjacent to an activating group) is 1. The lowest BCUT2D eigenvalue weighted by Crippen LogP contribution is -2.58. The van der Waals surface area contributed by atoms with E-state index < -0.39 is 0 Å². The Kier molecular flexibility index (Phi) is 5.32. The lowest BCUT2D eigenvalue weighted by Gasteiger charge is -2.27. The van der Waals surface area contributed by atoms with E-state index in [1.165, 1.54) is 0 Å². The van der Waals surface area contributed by atoms with Crippen LogP contribution < -0.4 is 10.7 Å². The molecular formula is C13H20N3O3+. The number of hydrogen-bond donors (Lipinski definition) is 2. The summed E-state index contributed by atoms with van der Waals surface area (Å²) >= 11 is 0. The van der Waals surface area contributed by atoms with E-state index in [4.69, 9.17) is 4.74 Å². The number of para-hydroxylation sites is 1. The van der Waals surface area contributed by atoms with Gasteiger partial charge in [0.2, 0.25) is 0 Å². The first-order valence-corrected chi connectivity index (χ1v) is 6.06. The lowest BCUT2D eigenvalue weighted by molar-refractivity contribution is -0.917. The normalized spacial score (nSPS) is 10.7. The molecule has 0 fully saturated rings. The molecule has 0 unspecified atom stereocenters. The van der Waals surface area contributed by atoms with Gasteiger partial charge in [0.1, 0.15) is 0 Å². The van der Waals surface area contributed by atoms with Crippen LogP contribution in [0.3, 0.4) is 0 Å². The molecule has 2 N–H and O–H groups in total. The number of rotatable bonds is 5. The molecule has 0 aromatic heterocycles. The highest BCUT2D eigenvalue weighted by Gasteiger charge is 2.23. The van der Waals surface area contributed by atoms with Gasteiger partial charge < -0.3 is 10.1 Å². The topological polar surface area (TPSA) is 67.4 Å². The van der Waals surface area contributed by atoms with Gasteiger partial charge in [-0.3, -0.25) is 0 Å². The minimum atomic E-state index is -0.375. The highest BCUT2D eigenvalue weighted by molar-refractivity contribution is 5.88. The van der Waals surface area contributed by atoms with E-state index in [1.54, 1.807) is 33.2 Å². The molecule has 0 radical (unpaired) electrons. The number of carbonyl (C=O) groups is 2. The van der Waals surface area contributed by atoms with E-state index in [0.29, 0.717) is 12.3 Å². The largest absolute Gasteiger partial charge is 0.462 e. The van der Waals surface area contributed by atoms with Crippen molar-refractivity contribution in [3.05, 3.63) is 30.3 Å². The number of anilines is 1. The van der Waals surface area contributed by atoms with Crippen LogP contribution in [0.25, 0.3) is 0 Å². The molecule has 19 heavy (non-hydrogen) atoms. The number of carbonyl (C=O) groups excluding carboxylic acids is 2. The molecule has 0 bridgehead atoms. The minimum Gasteiger partial charge on any atom is -0.462 e. The maximum atomic E-state index is 11.8. The first kappa shape index (κ1) is 15.0. The van der Waals surface area contributed by atoms with Crippen LogP contribution in [0.4, 0.5) is 10.5 Å². The van der Waals surface area contributed by atoms with Crippen molar-refractivity contribution in [2.75, 3.05) is 32.6 Å². The molecule has 0 heterocycles. The summed E-state index contributed by atoms with van der Waals surface area (Å²) in [5.41, 5.74) is 3.37. The molecule has 1 rings (SSSR count). The fraction of sp³-hybridized carbons (Fsp3) is 0.385. The molecule has 0 aliphatic rings. The van der Waals surface area contributed by atoms with Gasteiger partial charge in [0.25, 0.3) is 0 Å². The molecule has 0 saturated carbocycles. The number of quaternary nitrogens is 1. The van der Waals surface area contributed by atoms with Crippen molar-refractivity contribution in [2.24, 2.45) is 0 Å². The second-order valence-corrected chi connectivity index (χ2v) is 4.58. The number of ether oxygens (including phenoxy) is 1. The minimum absolute atomic E-state index is 0.0114. The Morgan fingerprint density at radius 3 is 2.42 bits per heavy atom. The Bertz CT molecular complexity index is 432. The van der Waals surface area contributed by atoms with Gasteiger partial charge >= 0.3 is 12.0 Å². The maximum Gasteiger partial charge on any atom is 0.364 e. The van der Waals surface area contributed by atoms with Crippen molar-refractivity contribution in [1.82, 2.24) is 5.43 Å². The Labute approximate surface area is 112 Å². The Morgan fingerprint density at radius 2 is 1.84 bits per heavy atom. The number of esters is 1. The molecule has 1 aromatic carbocycles. The number of nitrogens with zero attached hydrogens (tertiary/aromatic N) is 1. The second-order valence-electron chi connectivity index (χ2n) is 4.58. The van der Waals surface area contributed by atoms with Crippen LogP contribution in [0.5, 0.6) is 0 Å². The third-order valence-corrected chi connectivity index (χ3v) is 2.27. The zero-order chi connectivity index (χ0) is 14.3. The molecule has 104 valence electrons. The summed E-state index contributed by atoms with van der Waals surface area (Å²) in [6.07, 6.45) is 0. The quantitative estimate of drug-likeness (QED) is 0.480. The summed E-state index contributed by atoms with van der Waals surface area (Å²) in [4.78, 5) is 23.2. The van der Waals surface area contributed by atoms with Gasteiger partial charge in [-0.1, -0.05) is 18.2 Å². The molecule has 0 aliphatic carbocycles. The zero-order valence-electron chi connectivity index (χ0n) is 11.5. The van der Waals surface area contributed by atoms with E-state index >= 15 is 0 Å². The smallest absolute Gasteiger partial charge is 0.364 e. The van der Waals surface area contributed by atoms with Crippen molar-refractivity contribution in [1.29, 1.82) is 0 Å². The van der Waals surface area contributed by atoms with Gasteiger partial charge in [0.15, 0.2) is 6.54 Å². The molecule has 0 spiro atoms. The number of nitrogens with one attached hydrogen (secondary N) is 2. The average molecular weight is 266 g/mol. The first-order valence-electron chi connectivity index (χ1n) is 6.06. The van der Waals surface area contributed by atoms with E-state index in [2.05, 4.69) is 10.7 Å². The first-order chi connectivity index (χ1) is 8.93. The molecular weight excluding hydrogens is 246 g/mol. The van der Waals surface area contributed by atoms with Crippen LogP contribution in [-0.4, -0.2) is 43.8 Å². The lowest BCUT2D eigenvalue weighted by atomic mass is 10.3. The summed E-state index contributed by atoms with van der Waals surface area (Å²) in [5, 5.41) is 2.69.